The van der Waals surface area contributed by atoms with Crippen LogP contribution in [-0.4, -0.2) is 37.1 Å². The fraction of sp³-hybridized carbons (Fsp3) is 0.545. The van der Waals surface area contributed by atoms with Crippen molar-refractivity contribution < 1.29 is 23.9 Å². The van der Waals surface area contributed by atoms with Crippen LogP contribution in [0.5, 0.6) is 0 Å². The summed E-state index contributed by atoms with van der Waals surface area (Å²) in [5, 5.41) is 2.23. The van der Waals surface area contributed by atoms with Crippen molar-refractivity contribution in [3.8, 4) is 0 Å². The largest absolute Gasteiger partial charge is 0.464 e. The molecule has 0 saturated carbocycles. The Morgan fingerprint density at radius 1 is 1.18 bits per heavy atom. The Hall–Kier alpha value is -1.85. The third-order valence-electron chi connectivity index (χ3n) is 1.68. The van der Waals surface area contributed by atoms with E-state index in [0.29, 0.717) is 0 Å². The van der Waals surface area contributed by atoms with Gasteiger partial charge in [0.15, 0.2) is 0 Å². The molecule has 96 valence electrons. The highest BCUT2D eigenvalue weighted by atomic mass is 16.6. The molecule has 0 spiro atoms. The van der Waals surface area contributed by atoms with Gasteiger partial charge in [0, 0.05) is 6.42 Å². The number of ether oxygens (including phenoxy) is 2. The van der Waals surface area contributed by atoms with E-state index in [9.17, 15) is 14.4 Å². The van der Waals surface area contributed by atoms with Gasteiger partial charge >= 0.3 is 11.9 Å². The van der Waals surface area contributed by atoms with Crippen LogP contribution in [0.1, 0.15) is 20.3 Å². The lowest BCUT2D eigenvalue weighted by molar-refractivity contribution is -0.159. The minimum Gasteiger partial charge on any atom is -0.464 e. The van der Waals surface area contributed by atoms with Crippen molar-refractivity contribution in [3.05, 3.63) is 12.7 Å². The molecular weight excluding hydrogens is 226 g/mol. The standard InChI is InChI=1S/C11H17NO5/c1-4-7-8(13)12-9(10(14)16-5-2)11(15)17-6-3/h4,9H,1,5-7H2,2-3H3,(H,12,13). The van der Waals surface area contributed by atoms with E-state index in [1.54, 1.807) is 13.8 Å². The molecule has 6 heteroatoms. The van der Waals surface area contributed by atoms with Gasteiger partial charge in [-0.3, -0.25) is 4.79 Å². The van der Waals surface area contributed by atoms with Gasteiger partial charge in [-0.1, -0.05) is 6.08 Å². The third kappa shape index (κ3) is 5.70. The zero-order chi connectivity index (χ0) is 13.3. The SMILES string of the molecule is C=CCC(=O)NC(C(=O)OCC)C(=O)OCC. The van der Waals surface area contributed by atoms with Gasteiger partial charge in [0.2, 0.25) is 11.9 Å². The van der Waals surface area contributed by atoms with Crippen LogP contribution in [0, 0.1) is 0 Å². The van der Waals surface area contributed by atoms with Gasteiger partial charge in [-0.05, 0) is 13.8 Å². The second-order valence-electron chi connectivity index (χ2n) is 3.00. The molecule has 0 aromatic carbocycles. The van der Waals surface area contributed by atoms with Crippen molar-refractivity contribution in [3.63, 3.8) is 0 Å². The molecule has 1 amide bonds. The van der Waals surface area contributed by atoms with Crippen LogP contribution in [0.15, 0.2) is 12.7 Å². The maximum atomic E-state index is 11.4. The molecular formula is C11H17NO5. The van der Waals surface area contributed by atoms with Crippen LogP contribution in [0.25, 0.3) is 0 Å². The molecule has 0 aliphatic heterocycles. The fourth-order valence-corrected chi connectivity index (χ4v) is 1.02. The van der Waals surface area contributed by atoms with Gasteiger partial charge in [0.05, 0.1) is 13.2 Å². The molecule has 17 heavy (non-hydrogen) atoms. The number of rotatable bonds is 7. The molecule has 0 bridgehead atoms. The van der Waals surface area contributed by atoms with Crippen LogP contribution in [0.4, 0.5) is 0 Å². The first-order valence-corrected chi connectivity index (χ1v) is 5.30. The molecule has 0 atom stereocenters. The van der Waals surface area contributed by atoms with Crippen molar-refractivity contribution in [2.75, 3.05) is 13.2 Å². The third-order valence-corrected chi connectivity index (χ3v) is 1.68. The predicted molar refractivity (Wildman–Crippen MR) is 60.0 cm³/mol. The van der Waals surface area contributed by atoms with Gasteiger partial charge in [-0.15, -0.1) is 6.58 Å². The van der Waals surface area contributed by atoms with Crippen LogP contribution in [-0.2, 0) is 23.9 Å². The summed E-state index contributed by atoms with van der Waals surface area (Å²) in [4.78, 5) is 34.1. The lowest BCUT2D eigenvalue weighted by atomic mass is 10.2. The maximum absolute atomic E-state index is 11.4. The average Bonchev–Trinajstić information content (AvgIpc) is 2.26. The summed E-state index contributed by atoms with van der Waals surface area (Å²) in [6, 6.07) is -1.41. The molecule has 0 aromatic heterocycles. The normalized spacial score (nSPS) is 9.59. The molecule has 0 radical (unpaired) electrons. The molecule has 0 unspecified atom stereocenters. The van der Waals surface area contributed by atoms with E-state index in [1.807, 2.05) is 0 Å². The summed E-state index contributed by atoms with van der Waals surface area (Å²) in [6.45, 7) is 6.82. The zero-order valence-electron chi connectivity index (χ0n) is 10.0. The van der Waals surface area contributed by atoms with Gasteiger partial charge in [-0.25, -0.2) is 9.59 Å². The Bertz CT molecular complexity index is 282. The van der Waals surface area contributed by atoms with E-state index in [0.717, 1.165) is 0 Å². The first kappa shape index (κ1) is 15.2. The van der Waals surface area contributed by atoms with Crippen molar-refractivity contribution in [2.24, 2.45) is 0 Å². The van der Waals surface area contributed by atoms with Crippen molar-refractivity contribution in [2.45, 2.75) is 26.3 Å². The Morgan fingerprint density at radius 3 is 2.00 bits per heavy atom. The Morgan fingerprint density at radius 2 is 1.65 bits per heavy atom. The van der Waals surface area contributed by atoms with E-state index in [2.05, 4.69) is 21.4 Å². The summed E-state index contributed by atoms with van der Waals surface area (Å²) in [6.07, 6.45) is 1.37. The van der Waals surface area contributed by atoms with Crippen LogP contribution in [0.2, 0.25) is 0 Å². The van der Waals surface area contributed by atoms with Crippen LogP contribution >= 0.6 is 0 Å². The number of hydrogen-bond donors (Lipinski definition) is 1. The highest BCUT2D eigenvalue weighted by Crippen LogP contribution is 1.96. The average molecular weight is 243 g/mol. The fourth-order valence-electron chi connectivity index (χ4n) is 1.02. The highest BCUT2D eigenvalue weighted by Gasteiger charge is 2.30. The van der Waals surface area contributed by atoms with Gasteiger partial charge < -0.3 is 14.8 Å². The molecule has 6 nitrogen and oxygen atoms in total. The van der Waals surface area contributed by atoms with Gasteiger partial charge in [-0.2, -0.15) is 0 Å². The molecule has 0 fully saturated rings. The van der Waals surface area contributed by atoms with Crippen molar-refractivity contribution in [1.29, 1.82) is 0 Å². The Labute approximate surface area is 100.0 Å². The molecule has 0 aliphatic rings. The zero-order valence-corrected chi connectivity index (χ0v) is 10.0. The summed E-state index contributed by atoms with van der Waals surface area (Å²) in [7, 11) is 0. The molecule has 1 N–H and O–H groups in total. The van der Waals surface area contributed by atoms with E-state index >= 15 is 0 Å². The summed E-state index contributed by atoms with van der Waals surface area (Å²) in [5.41, 5.74) is 0. The van der Waals surface area contributed by atoms with E-state index in [1.165, 1.54) is 6.08 Å². The maximum Gasteiger partial charge on any atom is 0.340 e. The predicted octanol–water partition coefficient (Wildman–Crippen LogP) is 0.173. The lowest BCUT2D eigenvalue weighted by Crippen LogP contribution is -2.48. The van der Waals surface area contributed by atoms with Gasteiger partial charge in [0.1, 0.15) is 0 Å². The first-order chi connectivity index (χ1) is 8.06. The Balaban J connectivity index is 4.60. The van der Waals surface area contributed by atoms with E-state index in [-0.39, 0.29) is 19.6 Å². The Kier molecular flexibility index (Phi) is 7.41. The number of nitrogens with one attached hydrogen (secondary N) is 1. The second-order valence-corrected chi connectivity index (χ2v) is 3.00. The molecule has 0 aromatic rings. The van der Waals surface area contributed by atoms with Crippen LogP contribution < -0.4 is 5.32 Å². The van der Waals surface area contributed by atoms with Gasteiger partial charge in [0.25, 0.3) is 0 Å². The molecule has 0 aliphatic carbocycles. The summed E-state index contributed by atoms with van der Waals surface area (Å²) >= 11 is 0. The summed E-state index contributed by atoms with van der Waals surface area (Å²) < 4.78 is 9.34. The smallest absolute Gasteiger partial charge is 0.340 e. The number of carbonyl (C=O) groups is 3. The lowest BCUT2D eigenvalue weighted by Gasteiger charge is -2.15. The minimum atomic E-state index is -1.41. The molecule has 0 rings (SSSR count). The minimum absolute atomic E-state index is 0.00924. The van der Waals surface area contributed by atoms with Crippen molar-refractivity contribution >= 4 is 17.8 Å². The monoisotopic (exact) mass is 243 g/mol. The second kappa shape index (κ2) is 8.32. The molecule has 0 saturated heterocycles. The number of amides is 1. The van der Waals surface area contributed by atoms with E-state index in [4.69, 9.17) is 0 Å². The van der Waals surface area contributed by atoms with Crippen molar-refractivity contribution in [1.82, 2.24) is 5.32 Å². The van der Waals surface area contributed by atoms with Crippen LogP contribution in [0.3, 0.4) is 0 Å². The topological polar surface area (TPSA) is 81.7 Å². The first-order valence-electron chi connectivity index (χ1n) is 5.30. The highest BCUT2D eigenvalue weighted by molar-refractivity contribution is 6.02. The number of carbonyl (C=O) groups excluding carboxylic acids is 3. The quantitative estimate of drug-likeness (QED) is 0.391. The van der Waals surface area contributed by atoms with E-state index < -0.39 is 23.9 Å². The number of esters is 2. The molecule has 0 heterocycles. The summed E-state index contributed by atoms with van der Waals surface area (Å²) in [5.74, 6) is -2.15. The number of hydrogen-bond acceptors (Lipinski definition) is 5.